The Labute approximate surface area is 300 Å². The molecule has 0 radical (unpaired) electrons. The van der Waals surface area contributed by atoms with Crippen LogP contribution in [0.2, 0.25) is 0 Å². The van der Waals surface area contributed by atoms with E-state index >= 15 is 0 Å². The fraction of sp³-hybridized carbons (Fsp3) is 0.971. The van der Waals surface area contributed by atoms with Crippen molar-refractivity contribution in [2.75, 3.05) is 171 Å². The molecule has 0 saturated carbocycles. The minimum Gasteiger partial charge on any atom is -0.463 e. The smallest absolute Gasteiger partial charge is 0.305 e. The molecule has 0 fully saturated rings. The lowest BCUT2D eigenvalue weighted by Gasteiger charge is -2.09. The van der Waals surface area contributed by atoms with E-state index in [2.05, 4.69) is 6.92 Å². The molecule has 0 spiro atoms. The molecular weight excluding hydrogens is 668 g/mol. The molecule has 0 unspecified atom stereocenters. The van der Waals surface area contributed by atoms with Crippen molar-refractivity contribution >= 4 is 17.6 Å². The summed E-state index contributed by atoms with van der Waals surface area (Å²) in [6.45, 7) is 14.4. The molecular formula is C34H67ClO14. The summed E-state index contributed by atoms with van der Waals surface area (Å²) in [6.07, 6.45) is 6.07. The summed E-state index contributed by atoms with van der Waals surface area (Å²) in [5.41, 5.74) is 0. The molecule has 0 N–H and O–H groups in total. The second-order valence-electron chi connectivity index (χ2n) is 10.4. The minimum atomic E-state index is -0.149. The predicted molar refractivity (Wildman–Crippen MR) is 185 cm³/mol. The topological polar surface area (TPSA) is 137 Å². The number of hydrogen-bond acceptors (Lipinski definition) is 14. The van der Waals surface area contributed by atoms with Crippen LogP contribution >= 0.6 is 11.6 Å². The molecule has 15 heteroatoms. The second-order valence-corrected chi connectivity index (χ2v) is 10.8. The minimum absolute atomic E-state index is 0.149. The molecule has 14 nitrogen and oxygen atoms in total. The zero-order valence-electron chi connectivity index (χ0n) is 30.2. The Morgan fingerprint density at radius 3 is 0.857 bits per heavy atom. The first kappa shape index (κ1) is 48.3. The third-order valence-corrected chi connectivity index (χ3v) is 6.44. The summed E-state index contributed by atoms with van der Waals surface area (Å²) in [5, 5.41) is 0. The van der Waals surface area contributed by atoms with Crippen molar-refractivity contribution in [1.82, 2.24) is 0 Å². The Kier molecular flexibility index (Phi) is 44.6. The van der Waals surface area contributed by atoms with Crippen LogP contribution in [0.25, 0.3) is 0 Å². The van der Waals surface area contributed by atoms with E-state index in [9.17, 15) is 4.79 Å². The van der Waals surface area contributed by atoms with Crippen molar-refractivity contribution in [2.45, 2.75) is 45.4 Å². The molecule has 0 aliphatic heterocycles. The quantitative estimate of drug-likeness (QED) is 0.0514. The van der Waals surface area contributed by atoms with Crippen molar-refractivity contribution in [3.8, 4) is 0 Å². The molecule has 0 atom stereocenters. The molecule has 0 aromatic heterocycles. The summed E-state index contributed by atoms with van der Waals surface area (Å²) >= 11 is 5.51. The van der Waals surface area contributed by atoms with E-state index in [-0.39, 0.29) is 12.6 Å². The van der Waals surface area contributed by atoms with Crippen LogP contribution in [0.15, 0.2) is 0 Å². The Hall–Kier alpha value is -0.720. The molecule has 0 bridgehead atoms. The highest BCUT2D eigenvalue weighted by Crippen LogP contribution is 2.05. The normalized spacial score (nSPS) is 11.5. The average Bonchev–Trinajstić information content (AvgIpc) is 3.11. The van der Waals surface area contributed by atoms with Gasteiger partial charge in [0.05, 0.1) is 159 Å². The van der Waals surface area contributed by atoms with Gasteiger partial charge in [-0.05, 0) is 6.42 Å². The molecule has 0 aliphatic carbocycles. The second kappa shape index (κ2) is 45.3. The monoisotopic (exact) mass is 734 g/mol. The Morgan fingerprint density at radius 1 is 0.347 bits per heavy atom. The van der Waals surface area contributed by atoms with Gasteiger partial charge in [-0.1, -0.05) is 32.6 Å². The molecule has 0 amide bonds. The van der Waals surface area contributed by atoms with E-state index in [0.717, 1.165) is 12.8 Å². The summed E-state index contributed by atoms with van der Waals surface area (Å²) < 4.78 is 70.3. The standard InChI is InChI=1S/C34H67ClO14/c1-2-3-4-5-6-7-34(36)49-33-32-48-31-30-47-29-28-46-27-26-45-25-24-44-23-22-43-21-20-42-19-18-41-17-16-40-15-14-39-13-12-38-11-10-37-9-8-35/h2-33H2,1H3. The van der Waals surface area contributed by atoms with E-state index < -0.39 is 0 Å². The van der Waals surface area contributed by atoms with Gasteiger partial charge in [-0.15, -0.1) is 11.6 Å². The van der Waals surface area contributed by atoms with Gasteiger partial charge in [-0.25, -0.2) is 0 Å². The van der Waals surface area contributed by atoms with Crippen LogP contribution in [0.4, 0.5) is 0 Å². The maximum absolute atomic E-state index is 11.6. The number of hydrogen-bond donors (Lipinski definition) is 0. The molecule has 0 rings (SSSR count). The van der Waals surface area contributed by atoms with Gasteiger partial charge < -0.3 is 61.6 Å². The zero-order valence-corrected chi connectivity index (χ0v) is 31.0. The maximum Gasteiger partial charge on any atom is 0.305 e. The van der Waals surface area contributed by atoms with Crippen molar-refractivity contribution in [2.24, 2.45) is 0 Å². The maximum atomic E-state index is 11.6. The van der Waals surface area contributed by atoms with Crippen molar-refractivity contribution in [1.29, 1.82) is 0 Å². The first-order chi connectivity index (χ1) is 24.3. The van der Waals surface area contributed by atoms with Gasteiger partial charge in [0.15, 0.2) is 0 Å². The fourth-order valence-corrected chi connectivity index (χ4v) is 3.84. The number of esters is 1. The molecule has 294 valence electrons. The van der Waals surface area contributed by atoms with E-state index in [4.69, 9.17) is 73.2 Å². The van der Waals surface area contributed by atoms with Crippen molar-refractivity contribution in [3.05, 3.63) is 0 Å². The number of alkyl halides is 1. The van der Waals surface area contributed by atoms with E-state index in [1.54, 1.807) is 0 Å². The molecule has 0 saturated heterocycles. The lowest BCUT2D eigenvalue weighted by molar-refractivity contribution is -0.145. The van der Waals surface area contributed by atoms with Crippen LogP contribution in [0.3, 0.4) is 0 Å². The van der Waals surface area contributed by atoms with Crippen LogP contribution in [-0.2, 0) is 66.4 Å². The third-order valence-electron chi connectivity index (χ3n) is 6.29. The molecule has 0 aromatic rings. The van der Waals surface area contributed by atoms with Gasteiger partial charge >= 0.3 is 5.97 Å². The largest absolute Gasteiger partial charge is 0.463 e. The van der Waals surface area contributed by atoms with Crippen molar-refractivity contribution < 1.29 is 66.4 Å². The van der Waals surface area contributed by atoms with Gasteiger partial charge in [0, 0.05) is 12.3 Å². The van der Waals surface area contributed by atoms with E-state index in [0.29, 0.717) is 171 Å². The van der Waals surface area contributed by atoms with E-state index in [1.807, 2.05) is 0 Å². The molecule has 0 aromatic carbocycles. The van der Waals surface area contributed by atoms with Crippen LogP contribution in [-0.4, -0.2) is 177 Å². The van der Waals surface area contributed by atoms with Crippen LogP contribution in [0.5, 0.6) is 0 Å². The first-order valence-corrected chi connectivity index (χ1v) is 18.5. The Morgan fingerprint density at radius 2 is 0.592 bits per heavy atom. The number of rotatable bonds is 44. The van der Waals surface area contributed by atoms with Crippen LogP contribution < -0.4 is 0 Å². The average molecular weight is 735 g/mol. The lowest BCUT2D eigenvalue weighted by atomic mass is 10.1. The molecule has 49 heavy (non-hydrogen) atoms. The highest BCUT2D eigenvalue weighted by Gasteiger charge is 2.02. The fourth-order valence-electron chi connectivity index (χ4n) is 3.74. The predicted octanol–water partition coefficient (Wildman–Crippen LogP) is 3.33. The summed E-state index contributed by atoms with van der Waals surface area (Å²) in [5.74, 6) is 0.346. The SMILES string of the molecule is CCCCCCCC(=O)OCCOCCOCCOCCOCCOCCOCCOCCOCCOCCOCCOCCOCCCl. The van der Waals surface area contributed by atoms with E-state index in [1.165, 1.54) is 19.3 Å². The number of halogens is 1. The van der Waals surface area contributed by atoms with Crippen LogP contribution in [0, 0.1) is 0 Å². The third kappa shape index (κ3) is 45.3. The van der Waals surface area contributed by atoms with Crippen molar-refractivity contribution in [3.63, 3.8) is 0 Å². The summed E-state index contributed by atoms with van der Waals surface area (Å²) in [6, 6.07) is 0. The number of ether oxygens (including phenoxy) is 13. The number of carbonyl (C=O) groups is 1. The van der Waals surface area contributed by atoms with Gasteiger partial charge in [0.2, 0.25) is 0 Å². The summed E-state index contributed by atoms with van der Waals surface area (Å²) in [7, 11) is 0. The highest BCUT2D eigenvalue weighted by molar-refractivity contribution is 6.17. The first-order valence-electron chi connectivity index (χ1n) is 18.0. The van der Waals surface area contributed by atoms with Crippen LogP contribution in [0.1, 0.15) is 45.4 Å². The zero-order chi connectivity index (χ0) is 35.4. The highest BCUT2D eigenvalue weighted by atomic mass is 35.5. The Balaban J connectivity index is 3.08. The van der Waals surface area contributed by atoms with Gasteiger partial charge in [-0.2, -0.15) is 0 Å². The number of carbonyl (C=O) groups excluding carboxylic acids is 1. The van der Waals surface area contributed by atoms with Gasteiger partial charge in [0.25, 0.3) is 0 Å². The van der Waals surface area contributed by atoms with Gasteiger partial charge in [-0.3, -0.25) is 4.79 Å². The summed E-state index contributed by atoms with van der Waals surface area (Å²) in [4.78, 5) is 11.6. The molecule has 0 heterocycles. The lowest BCUT2D eigenvalue weighted by Crippen LogP contribution is -2.15. The molecule has 0 aliphatic rings. The Bertz CT molecular complexity index is 623. The number of unbranched alkanes of at least 4 members (excludes halogenated alkanes) is 4. The van der Waals surface area contributed by atoms with Gasteiger partial charge in [0.1, 0.15) is 6.61 Å².